The molecule has 1 aliphatic heterocycles. The largest absolute Gasteiger partial charge is 0.507 e. The average Bonchev–Trinajstić information content (AvgIpc) is 3.13. The van der Waals surface area contributed by atoms with Crippen LogP contribution < -0.4 is 0 Å². The van der Waals surface area contributed by atoms with Gasteiger partial charge < -0.3 is 5.11 Å². The molecule has 1 fully saturated rings. The third-order valence-electron chi connectivity index (χ3n) is 8.42. The van der Waals surface area contributed by atoms with Crippen LogP contribution in [0.15, 0.2) is 83.0 Å². The molecule has 0 spiro atoms. The minimum Gasteiger partial charge on any atom is -0.507 e. The zero-order chi connectivity index (χ0) is 26.0. The van der Waals surface area contributed by atoms with Crippen LogP contribution in [0.25, 0.3) is 0 Å². The van der Waals surface area contributed by atoms with Gasteiger partial charge in [-0.1, -0.05) is 60.2 Å². The van der Waals surface area contributed by atoms with Gasteiger partial charge in [0.2, 0.25) is 11.8 Å². The highest BCUT2D eigenvalue weighted by Crippen LogP contribution is 2.56. The van der Waals surface area contributed by atoms with Crippen LogP contribution in [0.4, 0.5) is 0 Å². The van der Waals surface area contributed by atoms with Crippen LogP contribution in [0.2, 0.25) is 0 Å². The number of likely N-dealkylation sites (tertiary alicyclic amines) is 1. The van der Waals surface area contributed by atoms with Gasteiger partial charge in [0.25, 0.3) is 0 Å². The number of imide groups is 1. The maximum atomic E-state index is 13.8. The molecule has 6 heteroatoms. The van der Waals surface area contributed by atoms with Crippen LogP contribution in [0.3, 0.4) is 0 Å². The maximum absolute atomic E-state index is 13.8. The van der Waals surface area contributed by atoms with Gasteiger partial charge in [-0.05, 0) is 49.8 Å². The molecule has 0 radical (unpaired) electrons. The second-order valence-corrected chi connectivity index (χ2v) is 10.5. The van der Waals surface area contributed by atoms with E-state index in [0.29, 0.717) is 34.3 Å². The van der Waals surface area contributed by atoms with Crippen molar-refractivity contribution in [3.8, 4) is 5.75 Å². The lowest BCUT2D eigenvalue weighted by molar-refractivity contribution is -0.140. The van der Waals surface area contributed by atoms with Crippen molar-refractivity contribution in [2.24, 2.45) is 17.8 Å². The predicted octanol–water partition coefficient (Wildman–Crippen LogP) is 4.33. The number of hydrogen-bond donors (Lipinski definition) is 1. The molecule has 2 aromatic rings. The van der Waals surface area contributed by atoms with E-state index in [1.54, 1.807) is 26.0 Å². The third-order valence-corrected chi connectivity index (χ3v) is 8.42. The fourth-order valence-corrected chi connectivity index (χ4v) is 6.64. The van der Waals surface area contributed by atoms with E-state index < -0.39 is 23.7 Å². The van der Waals surface area contributed by atoms with Gasteiger partial charge in [-0.2, -0.15) is 0 Å². The average molecular weight is 494 g/mol. The Morgan fingerprint density at radius 3 is 2.43 bits per heavy atom. The Kier molecular flexibility index (Phi) is 5.37. The monoisotopic (exact) mass is 493 g/mol. The summed E-state index contributed by atoms with van der Waals surface area (Å²) in [6.45, 7) is 3.63. The van der Waals surface area contributed by atoms with Gasteiger partial charge in [-0.25, -0.2) is 0 Å². The number of fused-ring (bicyclic) bond motifs is 3. The van der Waals surface area contributed by atoms with Crippen molar-refractivity contribution in [1.29, 1.82) is 0 Å². The van der Waals surface area contributed by atoms with Crippen LogP contribution in [-0.4, -0.2) is 33.4 Å². The molecule has 2 aromatic carbocycles. The summed E-state index contributed by atoms with van der Waals surface area (Å²) < 4.78 is 0. The second-order valence-electron chi connectivity index (χ2n) is 10.5. The van der Waals surface area contributed by atoms with E-state index in [-0.39, 0.29) is 42.1 Å². The number of benzene rings is 2. The van der Waals surface area contributed by atoms with Gasteiger partial charge in [0.15, 0.2) is 11.6 Å². The van der Waals surface area contributed by atoms with E-state index >= 15 is 0 Å². The van der Waals surface area contributed by atoms with E-state index in [1.807, 2.05) is 42.5 Å². The topological polar surface area (TPSA) is 91.8 Å². The molecule has 6 rings (SSSR count). The van der Waals surface area contributed by atoms with Crippen molar-refractivity contribution in [3.63, 3.8) is 0 Å². The molecule has 0 aromatic heterocycles. The van der Waals surface area contributed by atoms with Crippen molar-refractivity contribution in [1.82, 2.24) is 4.90 Å². The molecule has 2 amide bonds. The van der Waals surface area contributed by atoms with E-state index in [2.05, 4.69) is 0 Å². The molecule has 37 heavy (non-hydrogen) atoms. The molecular weight excluding hydrogens is 466 g/mol. The minimum atomic E-state index is -0.638. The Hall–Kier alpha value is -4.06. The summed E-state index contributed by atoms with van der Waals surface area (Å²) in [5, 5.41) is 11.0. The van der Waals surface area contributed by atoms with Crippen LogP contribution in [0.1, 0.15) is 42.4 Å². The van der Waals surface area contributed by atoms with Crippen molar-refractivity contribution in [2.45, 2.75) is 39.2 Å². The highest BCUT2D eigenvalue weighted by Gasteiger charge is 2.56. The molecule has 1 saturated heterocycles. The van der Waals surface area contributed by atoms with Crippen LogP contribution in [0, 0.1) is 24.7 Å². The fraction of sp³-hybridized carbons (Fsp3) is 0.290. The summed E-state index contributed by atoms with van der Waals surface area (Å²) in [4.78, 5) is 55.2. The van der Waals surface area contributed by atoms with Crippen LogP contribution in [-0.2, 0) is 25.7 Å². The van der Waals surface area contributed by atoms with Crippen LogP contribution in [0.5, 0.6) is 5.75 Å². The van der Waals surface area contributed by atoms with Gasteiger partial charge in [-0.3, -0.25) is 24.1 Å². The second kappa shape index (κ2) is 8.51. The molecular formula is C31H27NO5. The predicted molar refractivity (Wildman–Crippen MR) is 136 cm³/mol. The molecule has 0 unspecified atom stereocenters. The van der Waals surface area contributed by atoms with Gasteiger partial charge in [0.1, 0.15) is 5.75 Å². The van der Waals surface area contributed by atoms with Crippen molar-refractivity contribution in [2.75, 3.05) is 0 Å². The molecule has 0 saturated carbocycles. The van der Waals surface area contributed by atoms with E-state index in [0.717, 1.165) is 11.1 Å². The molecule has 4 atom stereocenters. The number of aromatic hydroxyl groups is 1. The summed E-state index contributed by atoms with van der Waals surface area (Å²) in [5.41, 5.74) is 4.09. The van der Waals surface area contributed by atoms with Gasteiger partial charge >= 0.3 is 0 Å². The van der Waals surface area contributed by atoms with E-state index in [1.165, 1.54) is 11.0 Å². The number of carbonyl (C=O) groups is 4. The SMILES string of the molecule is CC1=CC(=O)C2=C(C[C@@H]3C(=CC[C@@H]4C(=O)N(Cc5ccccc5)C(=O)[C@@H]43)[C@@H]2c2cccc(C)c2O)C1=O. The first-order valence-corrected chi connectivity index (χ1v) is 12.7. The number of amides is 2. The normalized spacial score (nSPS) is 27.0. The minimum absolute atomic E-state index is 0.0778. The summed E-state index contributed by atoms with van der Waals surface area (Å²) >= 11 is 0. The number of rotatable bonds is 3. The lowest BCUT2D eigenvalue weighted by atomic mass is 9.59. The van der Waals surface area contributed by atoms with Gasteiger partial charge in [0, 0.05) is 28.2 Å². The molecule has 1 heterocycles. The van der Waals surface area contributed by atoms with Gasteiger partial charge in [0.05, 0.1) is 18.4 Å². The van der Waals surface area contributed by atoms with E-state index in [4.69, 9.17) is 0 Å². The summed E-state index contributed by atoms with van der Waals surface area (Å²) in [6, 6.07) is 14.8. The van der Waals surface area contributed by atoms with Crippen molar-refractivity contribution < 1.29 is 24.3 Å². The lowest BCUT2D eigenvalue weighted by Crippen LogP contribution is -2.39. The summed E-state index contributed by atoms with van der Waals surface area (Å²) in [6.07, 6.45) is 3.97. The number of carbonyl (C=O) groups excluding carboxylic acids is 4. The number of nitrogens with zero attached hydrogens (tertiary/aromatic N) is 1. The van der Waals surface area contributed by atoms with Crippen molar-refractivity contribution >= 4 is 23.4 Å². The maximum Gasteiger partial charge on any atom is 0.234 e. The number of ketones is 2. The Balaban J connectivity index is 1.47. The highest BCUT2D eigenvalue weighted by molar-refractivity contribution is 6.23. The first kappa shape index (κ1) is 23.3. The number of hydrogen-bond acceptors (Lipinski definition) is 5. The number of allylic oxidation sites excluding steroid dienone is 6. The Morgan fingerprint density at radius 2 is 1.68 bits per heavy atom. The number of phenols is 1. The van der Waals surface area contributed by atoms with Crippen LogP contribution >= 0.6 is 0 Å². The lowest BCUT2D eigenvalue weighted by Gasteiger charge is -2.42. The fourth-order valence-electron chi connectivity index (χ4n) is 6.64. The molecule has 3 aliphatic carbocycles. The molecule has 6 nitrogen and oxygen atoms in total. The zero-order valence-corrected chi connectivity index (χ0v) is 20.7. The summed E-state index contributed by atoms with van der Waals surface area (Å²) in [5.74, 6) is -2.92. The highest BCUT2D eigenvalue weighted by atomic mass is 16.3. The van der Waals surface area contributed by atoms with Crippen molar-refractivity contribution in [3.05, 3.63) is 99.7 Å². The standard InChI is InChI=1S/C31H27NO5/c1-16-7-6-10-20(28(16)34)25-19-11-12-21-26(22(19)14-23-27(25)24(33)13-17(2)29(23)35)31(37)32(30(21)36)15-18-8-4-3-5-9-18/h3-11,13,21-22,25-26,34H,12,14-15H2,1-2H3/t21-,22+,25+,26-/m0/s1. The Labute approximate surface area is 215 Å². The number of phenolic OH excluding ortho intramolecular Hbond substituents is 1. The number of para-hydroxylation sites is 1. The number of aryl methyl sites for hydroxylation is 1. The van der Waals surface area contributed by atoms with Gasteiger partial charge in [-0.15, -0.1) is 0 Å². The summed E-state index contributed by atoms with van der Waals surface area (Å²) in [7, 11) is 0. The van der Waals surface area contributed by atoms with E-state index in [9.17, 15) is 24.3 Å². The molecule has 0 bridgehead atoms. The molecule has 4 aliphatic rings. The first-order chi connectivity index (χ1) is 17.8. The molecule has 186 valence electrons. The Morgan fingerprint density at radius 1 is 0.919 bits per heavy atom. The zero-order valence-electron chi connectivity index (χ0n) is 20.7. The quantitative estimate of drug-likeness (QED) is 0.390. The smallest absolute Gasteiger partial charge is 0.234 e. The third kappa shape index (κ3) is 3.46. The number of Topliss-reactive ketones (excluding diaryl/α,β-unsaturated/α-hetero) is 1. The Bertz CT molecular complexity index is 1480. The molecule has 1 N–H and O–H groups in total. The first-order valence-electron chi connectivity index (χ1n) is 12.7.